The Morgan fingerprint density at radius 3 is 2.68 bits per heavy atom. The molecule has 1 saturated carbocycles. The minimum Gasteiger partial charge on any atom is -0.481 e. The molecule has 0 bridgehead atoms. The summed E-state index contributed by atoms with van der Waals surface area (Å²) in [5.74, 6) is -1.98. The average Bonchev–Trinajstić information content (AvgIpc) is 3.23. The topological polar surface area (TPSA) is 86.7 Å². The van der Waals surface area contributed by atoms with Crippen molar-refractivity contribution in [1.82, 2.24) is 4.90 Å². The molecule has 0 aromatic heterocycles. The molecule has 6 heteroatoms. The Morgan fingerprint density at radius 1 is 1.28 bits per heavy atom. The highest BCUT2D eigenvalue weighted by atomic mass is 16.4. The third kappa shape index (κ3) is 3.83. The lowest BCUT2D eigenvalue weighted by molar-refractivity contribution is -0.138. The van der Waals surface area contributed by atoms with Crippen LogP contribution in [0.2, 0.25) is 0 Å². The van der Waals surface area contributed by atoms with Gasteiger partial charge in [0.2, 0.25) is 11.8 Å². The molecule has 0 unspecified atom stereocenters. The fraction of sp³-hybridized carbons (Fsp3) is 0.526. The van der Waals surface area contributed by atoms with Crippen molar-refractivity contribution in [3.8, 4) is 0 Å². The van der Waals surface area contributed by atoms with Gasteiger partial charge < -0.3 is 15.3 Å². The fourth-order valence-corrected chi connectivity index (χ4v) is 3.75. The van der Waals surface area contributed by atoms with Crippen molar-refractivity contribution in [1.29, 1.82) is 0 Å². The molecule has 0 spiro atoms. The predicted molar refractivity (Wildman–Crippen MR) is 93.2 cm³/mol. The van der Waals surface area contributed by atoms with E-state index in [-0.39, 0.29) is 24.2 Å². The number of aliphatic carboxylic acids is 1. The Kier molecular flexibility index (Phi) is 5.06. The number of carbonyl (C=O) groups excluding carboxylic acids is 2. The van der Waals surface area contributed by atoms with Crippen LogP contribution < -0.4 is 5.32 Å². The van der Waals surface area contributed by atoms with Crippen molar-refractivity contribution in [3.63, 3.8) is 0 Å². The SMILES string of the molecule is C[C@H](C(=O)O)c1cccc(NC(=O)[C@H]2CC(=O)N(C3CCCC3)C2)c1. The molecule has 1 aliphatic carbocycles. The lowest BCUT2D eigenvalue weighted by Gasteiger charge is -2.23. The van der Waals surface area contributed by atoms with Crippen LogP contribution in [0.1, 0.15) is 50.5 Å². The minimum atomic E-state index is -0.905. The summed E-state index contributed by atoms with van der Waals surface area (Å²) in [5.41, 5.74) is 1.21. The molecular formula is C19H24N2O4. The van der Waals surface area contributed by atoms with E-state index in [2.05, 4.69) is 5.32 Å². The van der Waals surface area contributed by atoms with Crippen LogP contribution in [-0.2, 0) is 14.4 Å². The Bertz CT molecular complexity index is 682. The molecule has 1 aliphatic heterocycles. The van der Waals surface area contributed by atoms with Gasteiger partial charge in [-0.25, -0.2) is 0 Å². The molecule has 25 heavy (non-hydrogen) atoms. The zero-order chi connectivity index (χ0) is 18.0. The maximum atomic E-state index is 12.5. The number of amides is 2. The molecular weight excluding hydrogens is 320 g/mol. The average molecular weight is 344 g/mol. The largest absolute Gasteiger partial charge is 0.481 e. The van der Waals surface area contributed by atoms with E-state index in [0.717, 1.165) is 25.7 Å². The lowest BCUT2D eigenvalue weighted by atomic mass is 10.0. The van der Waals surface area contributed by atoms with E-state index in [1.165, 1.54) is 0 Å². The van der Waals surface area contributed by atoms with Gasteiger partial charge in [-0.05, 0) is 37.5 Å². The van der Waals surface area contributed by atoms with Crippen molar-refractivity contribution in [2.24, 2.45) is 5.92 Å². The van der Waals surface area contributed by atoms with Gasteiger partial charge in [-0.1, -0.05) is 25.0 Å². The van der Waals surface area contributed by atoms with Crippen LogP contribution in [0.5, 0.6) is 0 Å². The second-order valence-corrected chi connectivity index (χ2v) is 7.06. The van der Waals surface area contributed by atoms with E-state index in [0.29, 0.717) is 23.8 Å². The van der Waals surface area contributed by atoms with Gasteiger partial charge >= 0.3 is 5.97 Å². The number of hydrogen-bond acceptors (Lipinski definition) is 3. The number of carboxylic acids is 1. The quantitative estimate of drug-likeness (QED) is 0.859. The number of anilines is 1. The molecule has 0 radical (unpaired) electrons. The van der Waals surface area contributed by atoms with Gasteiger partial charge in [0.15, 0.2) is 0 Å². The molecule has 1 heterocycles. The van der Waals surface area contributed by atoms with Gasteiger partial charge in [0.05, 0.1) is 11.8 Å². The van der Waals surface area contributed by atoms with Gasteiger partial charge in [-0.3, -0.25) is 14.4 Å². The van der Waals surface area contributed by atoms with Crippen molar-refractivity contribution in [2.75, 3.05) is 11.9 Å². The van der Waals surface area contributed by atoms with Crippen molar-refractivity contribution < 1.29 is 19.5 Å². The molecule has 1 aromatic carbocycles. The van der Waals surface area contributed by atoms with E-state index in [1.807, 2.05) is 4.90 Å². The molecule has 6 nitrogen and oxygen atoms in total. The van der Waals surface area contributed by atoms with Crippen LogP contribution in [0.25, 0.3) is 0 Å². The first-order chi connectivity index (χ1) is 12.0. The van der Waals surface area contributed by atoms with Crippen molar-refractivity contribution in [3.05, 3.63) is 29.8 Å². The van der Waals surface area contributed by atoms with E-state index >= 15 is 0 Å². The highest BCUT2D eigenvalue weighted by Gasteiger charge is 2.38. The maximum absolute atomic E-state index is 12.5. The summed E-state index contributed by atoms with van der Waals surface area (Å²) >= 11 is 0. The first kappa shape index (κ1) is 17.5. The summed E-state index contributed by atoms with van der Waals surface area (Å²) in [4.78, 5) is 37.7. The van der Waals surface area contributed by atoms with Crippen LogP contribution in [0.3, 0.4) is 0 Å². The highest BCUT2D eigenvalue weighted by Crippen LogP contribution is 2.30. The number of likely N-dealkylation sites (tertiary alicyclic amines) is 1. The second kappa shape index (κ2) is 7.25. The third-order valence-electron chi connectivity index (χ3n) is 5.32. The Morgan fingerprint density at radius 2 is 2.00 bits per heavy atom. The monoisotopic (exact) mass is 344 g/mol. The Balaban J connectivity index is 1.64. The van der Waals surface area contributed by atoms with E-state index in [1.54, 1.807) is 31.2 Å². The van der Waals surface area contributed by atoms with Crippen molar-refractivity contribution in [2.45, 2.75) is 51.0 Å². The zero-order valence-electron chi connectivity index (χ0n) is 14.4. The first-order valence-corrected chi connectivity index (χ1v) is 8.89. The lowest BCUT2D eigenvalue weighted by Crippen LogP contribution is -2.35. The number of carboxylic acid groups (broad SMARTS) is 1. The number of benzene rings is 1. The number of nitrogens with one attached hydrogen (secondary N) is 1. The second-order valence-electron chi connectivity index (χ2n) is 7.06. The molecule has 2 N–H and O–H groups in total. The van der Waals surface area contributed by atoms with Crippen LogP contribution in [0, 0.1) is 5.92 Å². The predicted octanol–water partition coefficient (Wildman–Crippen LogP) is 2.60. The maximum Gasteiger partial charge on any atom is 0.310 e. The molecule has 2 amide bonds. The molecule has 2 atom stereocenters. The van der Waals surface area contributed by atoms with Crippen LogP contribution in [0.15, 0.2) is 24.3 Å². The number of nitrogens with zero attached hydrogens (tertiary/aromatic N) is 1. The smallest absolute Gasteiger partial charge is 0.310 e. The van der Waals surface area contributed by atoms with Gasteiger partial charge in [0.25, 0.3) is 0 Å². The molecule has 2 fully saturated rings. The molecule has 3 rings (SSSR count). The van der Waals surface area contributed by atoms with Gasteiger partial charge in [-0.15, -0.1) is 0 Å². The standard InChI is InChI=1S/C19H24N2O4/c1-12(19(24)25)13-5-4-6-15(9-13)20-18(23)14-10-17(22)21(11-14)16-7-2-3-8-16/h4-6,9,12,14,16H,2-3,7-8,10-11H2,1H3,(H,20,23)(H,24,25)/t12-,14-/m0/s1. The van der Waals surface area contributed by atoms with Gasteiger partial charge in [-0.2, -0.15) is 0 Å². The number of rotatable bonds is 5. The minimum absolute atomic E-state index is 0.0697. The summed E-state index contributed by atoms with van der Waals surface area (Å²) in [5, 5.41) is 12.0. The summed E-state index contributed by atoms with van der Waals surface area (Å²) in [6.07, 6.45) is 4.64. The fourth-order valence-electron chi connectivity index (χ4n) is 3.75. The van der Waals surface area contributed by atoms with E-state index in [4.69, 9.17) is 5.11 Å². The molecule has 1 saturated heterocycles. The van der Waals surface area contributed by atoms with Crippen molar-refractivity contribution >= 4 is 23.5 Å². The summed E-state index contributed by atoms with van der Waals surface area (Å²) in [6.45, 7) is 2.10. The highest BCUT2D eigenvalue weighted by molar-refractivity contribution is 5.97. The Hall–Kier alpha value is -2.37. The summed E-state index contributed by atoms with van der Waals surface area (Å²) in [6, 6.07) is 7.18. The summed E-state index contributed by atoms with van der Waals surface area (Å²) < 4.78 is 0. The van der Waals surface area contributed by atoms with Crippen LogP contribution >= 0.6 is 0 Å². The van der Waals surface area contributed by atoms with Crippen LogP contribution in [-0.4, -0.2) is 40.4 Å². The normalized spacial score (nSPS) is 22.2. The molecule has 134 valence electrons. The number of hydrogen-bond donors (Lipinski definition) is 2. The van der Waals surface area contributed by atoms with E-state index < -0.39 is 11.9 Å². The first-order valence-electron chi connectivity index (χ1n) is 8.89. The third-order valence-corrected chi connectivity index (χ3v) is 5.32. The van der Waals surface area contributed by atoms with Gasteiger partial charge in [0, 0.05) is 24.7 Å². The number of carbonyl (C=O) groups is 3. The van der Waals surface area contributed by atoms with Crippen LogP contribution in [0.4, 0.5) is 5.69 Å². The molecule has 2 aliphatic rings. The van der Waals surface area contributed by atoms with Gasteiger partial charge in [0.1, 0.15) is 0 Å². The van der Waals surface area contributed by atoms with E-state index in [9.17, 15) is 14.4 Å². The summed E-state index contributed by atoms with van der Waals surface area (Å²) in [7, 11) is 0. The Labute approximate surface area is 147 Å². The zero-order valence-corrected chi connectivity index (χ0v) is 14.4. The molecule has 1 aromatic rings.